The lowest BCUT2D eigenvalue weighted by molar-refractivity contribution is 1.33. The average Bonchev–Trinajstić information content (AvgIpc) is 3.41. The molecule has 0 saturated heterocycles. The Kier molecular flexibility index (Phi) is 4.63. The van der Waals surface area contributed by atoms with Crippen molar-refractivity contribution in [2.75, 3.05) is 0 Å². The third-order valence-corrected chi connectivity index (χ3v) is 5.41. The summed E-state index contributed by atoms with van der Waals surface area (Å²) in [6.45, 7) is 0. The molecule has 6 heteroatoms. The van der Waals surface area contributed by atoms with Crippen LogP contribution in [0, 0.1) is 0 Å². The van der Waals surface area contributed by atoms with E-state index >= 15 is 0 Å². The SMILES string of the molecule is c1cc2ccsc2[nH]1.c1cc2sccc2[nH]1.c1cnc2[nH]ccc2c1. The first kappa shape index (κ1) is 15.7. The number of nitrogens with one attached hydrogen (secondary N) is 3. The normalized spacial score (nSPS) is 10.4. The molecule has 0 aliphatic carbocycles. The molecule has 0 bridgehead atoms. The first-order valence-electron chi connectivity index (χ1n) is 7.79. The van der Waals surface area contributed by atoms with Crippen LogP contribution in [0.25, 0.3) is 31.5 Å². The van der Waals surface area contributed by atoms with Crippen LogP contribution in [-0.2, 0) is 0 Å². The number of nitrogens with zero attached hydrogens (tertiary/aromatic N) is 1. The molecule has 124 valence electrons. The van der Waals surface area contributed by atoms with Crippen LogP contribution in [0.5, 0.6) is 0 Å². The maximum Gasteiger partial charge on any atom is 0.137 e. The molecule has 0 fully saturated rings. The van der Waals surface area contributed by atoms with E-state index in [0.717, 1.165) is 11.0 Å². The van der Waals surface area contributed by atoms with Gasteiger partial charge >= 0.3 is 0 Å². The zero-order valence-corrected chi connectivity index (χ0v) is 14.9. The van der Waals surface area contributed by atoms with Crippen molar-refractivity contribution < 1.29 is 0 Å². The molecule has 0 radical (unpaired) electrons. The summed E-state index contributed by atoms with van der Waals surface area (Å²) >= 11 is 3.50. The summed E-state index contributed by atoms with van der Waals surface area (Å²) in [6.07, 6.45) is 7.58. The Morgan fingerprint density at radius 3 is 2.44 bits per heavy atom. The quantitative estimate of drug-likeness (QED) is 0.303. The Balaban J connectivity index is 0.0000000943. The highest BCUT2D eigenvalue weighted by atomic mass is 32.1. The summed E-state index contributed by atoms with van der Waals surface area (Å²) in [4.78, 5) is 14.6. The molecule has 6 aromatic rings. The number of hydrogen-bond acceptors (Lipinski definition) is 3. The number of pyridine rings is 1. The van der Waals surface area contributed by atoms with Gasteiger partial charge in [-0.25, -0.2) is 4.98 Å². The molecule has 0 aliphatic heterocycles. The van der Waals surface area contributed by atoms with Gasteiger partial charge in [-0.1, -0.05) is 0 Å². The van der Waals surface area contributed by atoms with Gasteiger partial charge in [-0.15, -0.1) is 22.7 Å². The van der Waals surface area contributed by atoms with Gasteiger partial charge in [0.25, 0.3) is 0 Å². The molecule has 25 heavy (non-hydrogen) atoms. The molecule has 0 amide bonds. The van der Waals surface area contributed by atoms with Crippen LogP contribution in [0.4, 0.5) is 0 Å². The van der Waals surface area contributed by atoms with Crippen LogP contribution in [-0.4, -0.2) is 19.9 Å². The number of rotatable bonds is 0. The van der Waals surface area contributed by atoms with E-state index in [9.17, 15) is 0 Å². The molecule has 6 aromatic heterocycles. The third-order valence-electron chi connectivity index (χ3n) is 3.66. The van der Waals surface area contributed by atoms with E-state index < -0.39 is 0 Å². The molecular weight excluding hydrogens is 348 g/mol. The van der Waals surface area contributed by atoms with Crippen molar-refractivity contribution in [1.29, 1.82) is 0 Å². The molecule has 0 unspecified atom stereocenters. The van der Waals surface area contributed by atoms with Crippen molar-refractivity contribution in [2.24, 2.45) is 0 Å². The van der Waals surface area contributed by atoms with Gasteiger partial charge in [0.15, 0.2) is 0 Å². The number of thiophene rings is 2. The molecule has 0 aromatic carbocycles. The predicted octanol–water partition coefficient (Wildman–Crippen LogP) is 6.02. The van der Waals surface area contributed by atoms with Crippen molar-refractivity contribution in [1.82, 2.24) is 19.9 Å². The van der Waals surface area contributed by atoms with Crippen molar-refractivity contribution in [3.05, 3.63) is 78.0 Å². The minimum Gasteiger partial charge on any atom is -0.360 e. The minimum atomic E-state index is 0.956. The Hall–Kier alpha value is -2.83. The molecule has 0 atom stereocenters. The summed E-state index contributed by atoms with van der Waals surface area (Å²) in [5.41, 5.74) is 2.20. The summed E-state index contributed by atoms with van der Waals surface area (Å²) in [6, 6.07) is 14.3. The summed E-state index contributed by atoms with van der Waals surface area (Å²) in [5, 5.41) is 6.65. The largest absolute Gasteiger partial charge is 0.360 e. The van der Waals surface area contributed by atoms with Gasteiger partial charge in [-0.05, 0) is 53.2 Å². The van der Waals surface area contributed by atoms with E-state index in [0.29, 0.717) is 0 Å². The molecule has 0 saturated carbocycles. The van der Waals surface area contributed by atoms with Crippen molar-refractivity contribution >= 4 is 54.1 Å². The Labute approximate surface area is 152 Å². The van der Waals surface area contributed by atoms with Crippen LogP contribution < -0.4 is 0 Å². The second-order valence-electron chi connectivity index (χ2n) is 5.28. The standard InChI is InChI=1S/C7H6N2.2C6H5NS/c1-2-6-3-5-9-7(6)8-4-1;1-3-7-5-2-4-8-6(1)5;1-3-7-6-5(1)2-4-8-6/h1-5H,(H,8,9);2*1-4,7H. The molecular formula is C19H16N4S2. The molecule has 3 N–H and O–H groups in total. The van der Waals surface area contributed by atoms with Gasteiger partial charge < -0.3 is 15.0 Å². The Morgan fingerprint density at radius 2 is 1.56 bits per heavy atom. The molecule has 6 heterocycles. The second-order valence-corrected chi connectivity index (χ2v) is 7.14. The highest BCUT2D eigenvalue weighted by Crippen LogP contribution is 2.18. The van der Waals surface area contributed by atoms with Gasteiger partial charge in [0.2, 0.25) is 0 Å². The zero-order valence-electron chi connectivity index (χ0n) is 13.3. The highest BCUT2D eigenvalue weighted by Gasteiger charge is 1.90. The lowest BCUT2D eigenvalue weighted by Gasteiger charge is -1.82. The highest BCUT2D eigenvalue weighted by molar-refractivity contribution is 7.17. The van der Waals surface area contributed by atoms with Crippen LogP contribution in [0.3, 0.4) is 0 Å². The maximum absolute atomic E-state index is 4.09. The maximum atomic E-state index is 4.09. The predicted molar refractivity (Wildman–Crippen MR) is 108 cm³/mol. The zero-order chi connectivity index (χ0) is 16.9. The average molecular weight is 364 g/mol. The Morgan fingerprint density at radius 1 is 0.720 bits per heavy atom. The minimum absolute atomic E-state index is 0.956. The van der Waals surface area contributed by atoms with Gasteiger partial charge in [0.1, 0.15) is 5.65 Å². The van der Waals surface area contributed by atoms with E-state index in [1.807, 2.05) is 36.8 Å². The first-order valence-corrected chi connectivity index (χ1v) is 9.55. The Bertz CT molecular complexity index is 978. The van der Waals surface area contributed by atoms with Crippen LogP contribution in [0.2, 0.25) is 0 Å². The van der Waals surface area contributed by atoms with E-state index in [4.69, 9.17) is 0 Å². The van der Waals surface area contributed by atoms with E-state index in [2.05, 4.69) is 55.0 Å². The summed E-state index contributed by atoms with van der Waals surface area (Å²) in [7, 11) is 0. The summed E-state index contributed by atoms with van der Waals surface area (Å²) < 4.78 is 1.34. The number of hydrogen-bond donors (Lipinski definition) is 3. The smallest absolute Gasteiger partial charge is 0.137 e. The fourth-order valence-corrected chi connectivity index (χ4v) is 3.94. The number of fused-ring (bicyclic) bond motifs is 3. The fourth-order valence-electron chi connectivity index (χ4n) is 2.43. The summed E-state index contributed by atoms with van der Waals surface area (Å²) in [5.74, 6) is 0. The van der Waals surface area contributed by atoms with Crippen LogP contribution in [0.15, 0.2) is 78.0 Å². The van der Waals surface area contributed by atoms with E-state index in [1.54, 1.807) is 28.9 Å². The molecule has 6 rings (SSSR count). The van der Waals surface area contributed by atoms with Crippen LogP contribution in [0.1, 0.15) is 0 Å². The van der Waals surface area contributed by atoms with Crippen molar-refractivity contribution in [3.63, 3.8) is 0 Å². The van der Waals surface area contributed by atoms with Gasteiger partial charge in [0, 0.05) is 35.6 Å². The van der Waals surface area contributed by atoms with Crippen LogP contribution >= 0.6 is 22.7 Å². The van der Waals surface area contributed by atoms with Crippen molar-refractivity contribution in [2.45, 2.75) is 0 Å². The van der Waals surface area contributed by atoms with Crippen molar-refractivity contribution in [3.8, 4) is 0 Å². The first-order chi connectivity index (χ1) is 12.4. The lowest BCUT2D eigenvalue weighted by Crippen LogP contribution is -1.70. The van der Waals surface area contributed by atoms with Gasteiger partial charge in [0.05, 0.1) is 15.0 Å². The van der Waals surface area contributed by atoms with Gasteiger partial charge in [-0.2, -0.15) is 0 Å². The molecule has 0 aliphatic rings. The number of aromatic amines is 3. The third kappa shape index (κ3) is 3.65. The fraction of sp³-hybridized carbons (Fsp3) is 0. The molecule has 0 spiro atoms. The van der Waals surface area contributed by atoms with E-state index in [-0.39, 0.29) is 0 Å². The lowest BCUT2D eigenvalue weighted by atomic mass is 10.3. The van der Waals surface area contributed by atoms with Gasteiger partial charge in [-0.3, -0.25) is 0 Å². The second kappa shape index (κ2) is 7.38. The number of aromatic nitrogens is 4. The topological polar surface area (TPSA) is 60.3 Å². The monoisotopic (exact) mass is 364 g/mol. The molecule has 4 nitrogen and oxygen atoms in total. The van der Waals surface area contributed by atoms with E-state index in [1.165, 1.54) is 20.4 Å². The number of H-pyrrole nitrogens is 3.